The number of rotatable bonds is 3. The number of benzene rings is 2. The standard InChI is InChI=1S/C20H19F3N2O2/c21-20(22,23)16-6-4-5-15(13-16)19(27)25-11-9-14(10-12-25)18(26)24-17-7-2-1-3-8-17/h1-8,13-14H,9-12H2,(H,24,26). The fourth-order valence-electron chi connectivity index (χ4n) is 3.12. The summed E-state index contributed by atoms with van der Waals surface area (Å²) in [4.78, 5) is 26.3. The summed E-state index contributed by atoms with van der Waals surface area (Å²) >= 11 is 0. The summed E-state index contributed by atoms with van der Waals surface area (Å²) in [6.45, 7) is 0.671. The number of para-hydroxylation sites is 1. The fraction of sp³-hybridized carbons (Fsp3) is 0.300. The molecule has 0 atom stereocenters. The number of carbonyl (C=O) groups excluding carboxylic acids is 2. The van der Waals surface area contributed by atoms with Crippen LogP contribution in [0, 0.1) is 5.92 Å². The van der Waals surface area contributed by atoms with Gasteiger partial charge in [-0.2, -0.15) is 13.2 Å². The second kappa shape index (κ2) is 7.82. The molecule has 3 rings (SSSR count). The first kappa shape index (κ1) is 18.9. The highest BCUT2D eigenvalue weighted by molar-refractivity contribution is 5.95. The van der Waals surface area contributed by atoms with Crippen molar-refractivity contribution >= 4 is 17.5 Å². The van der Waals surface area contributed by atoms with Gasteiger partial charge in [0.2, 0.25) is 5.91 Å². The molecule has 142 valence electrons. The molecule has 2 aromatic carbocycles. The number of alkyl halides is 3. The highest BCUT2D eigenvalue weighted by Gasteiger charge is 2.32. The minimum Gasteiger partial charge on any atom is -0.339 e. The van der Waals surface area contributed by atoms with Gasteiger partial charge in [-0.1, -0.05) is 24.3 Å². The van der Waals surface area contributed by atoms with Crippen molar-refractivity contribution in [3.8, 4) is 0 Å². The van der Waals surface area contributed by atoms with Gasteiger partial charge >= 0.3 is 6.18 Å². The van der Waals surface area contributed by atoms with Gasteiger partial charge in [-0.3, -0.25) is 9.59 Å². The monoisotopic (exact) mass is 376 g/mol. The van der Waals surface area contributed by atoms with Gasteiger partial charge in [-0.15, -0.1) is 0 Å². The molecule has 4 nitrogen and oxygen atoms in total. The molecule has 1 saturated heterocycles. The Morgan fingerprint density at radius 3 is 2.26 bits per heavy atom. The largest absolute Gasteiger partial charge is 0.416 e. The lowest BCUT2D eigenvalue weighted by Crippen LogP contribution is -2.41. The summed E-state index contributed by atoms with van der Waals surface area (Å²) in [5, 5.41) is 2.84. The lowest BCUT2D eigenvalue weighted by Gasteiger charge is -2.31. The van der Waals surface area contributed by atoms with E-state index in [1.54, 1.807) is 12.1 Å². The van der Waals surface area contributed by atoms with E-state index < -0.39 is 17.6 Å². The van der Waals surface area contributed by atoms with Crippen molar-refractivity contribution in [2.24, 2.45) is 5.92 Å². The first-order valence-electron chi connectivity index (χ1n) is 8.67. The Morgan fingerprint density at radius 1 is 0.963 bits per heavy atom. The third-order valence-corrected chi connectivity index (χ3v) is 4.63. The van der Waals surface area contributed by atoms with Crippen molar-refractivity contribution in [2.45, 2.75) is 19.0 Å². The van der Waals surface area contributed by atoms with E-state index in [9.17, 15) is 22.8 Å². The highest BCUT2D eigenvalue weighted by atomic mass is 19.4. The van der Waals surface area contributed by atoms with Crippen LogP contribution in [0.4, 0.5) is 18.9 Å². The van der Waals surface area contributed by atoms with Crippen LogP contribution in [0.1, 0.15) is 28.8 Å². The number of anilines is 1. The van der Waals surface area contributed by atoms with Gasteiger partial charge in [0.15, 0.2) is 0 Å². The van der Waals surface area contributed by atoms with Gasteiger partial charge in [-0.25, -0.2) is 0 Å². The number of amides is 2. The molecule has 0 aliphatic carbocycles. The zero-order valence-corrected chi connectivity index (χ0v) is 14.5. The van der Waals surface area contributed by atoms with Crippen LogP contribution >= 0.6 is 0 Å². The Morgan fingerprint density at radius 2 is 1.63 bits per heavy atom. The molecule has 2 amide bonds. The third kappa shape index (κ3) is 4.67. The van der Waals surface area contributed by atoms with Crippen molar-refractivity contribution in [1.29, 1.82) is 0 Å². The maximum Gasteiger partial charge on any atom is 0.416 e. The summed E-state index contributed by atoms with van der Waals surface area (Å²) in [6, 6.07) is 13.5. The number of halogens is 3. The van der Waals surface area contributed by atoms with E-state index in [1.807, 2.05) is 18.2 Å². The molecule has 1 N–H and O–H groups in total. The van der Waals surface area contributed by atoms with Crippen LogP contribution in [0.3, 0.4) is 0 Å². The zero-order valence-electron chi connectivity index (χ0n) is 14.5. The molecule has 1 heterocycles. The molecule has 0 bridgehead atoms. The quantitative estimate of drug-likeness (QED) is 0.873. The van der Waals surface area contributed by atoms with Crippen LogP contribution in [-0.2, 0) is 11.0 Å². The number of hydrogen-bond acceptors (Lipinski definition) is 2. The van der Waals surface area contributed by atoms with Gasteiger partial charge in [0.25, 0.3) is 5.91 Å². The average Bonchev–Trinajstić information content (AvgIpc) is 2.68. The van der Waals surface area contributed by atoms with Crippen LogP contribution < -0.4 is 5.32 Å². The van der Waals surface area contributed by atoms with E-state index in [0.717, 1.165) is 12.1 Å². The lowest BCUT2D eigenvalue weighted by molar-refractivity contribution is -0.137. The van der Waals surface area contributed by atoms with Crippen molar-refractivity contribution < 1.29 is 22.8 Å². The minimum atomic E-state index is -4.49. The minimum absolute atomic E-state index is 0.0111. The summed E-state index contributed by atoms with van der Waals surface area (Å²) in [5.41, 5.74) is -0.118. The van der Waals surface area contributed by atoms with Crippen molar-refractivity contribution in [3.05, 3.63) is 65.7 Å². The first-order chi connectivity index (χ1) is 12.8. The molecule has 1 fully saturated rings. The van der Waals surface area contributed by atoms with Crippen LogP contribution in [0.5, 0.6) is 0 Å². The molecule has 1 aliphatic rings. The molecule has 0 spiro atoms. The molecular weight excluding hydrogens is 357 g/mol. The number of carbonyl (C=O) groups is 2. The van der Waals surface area contributed by atoms with E-state index in [0.29, 0.717) is 31.6 Å². The van der Waals surface area contributed by atoms with Crippen LogP contribution in [0.2, 0.25) is 0 Å². The summed E-state index contributed by atoms with van der Waals surface area (Å²) in [5.74, 6) is -0.772. The number of nitrogens with one attached hydrogen (secondary N) is 1. The summed E-state index contributed by atoms with van der Waals surface area (Å²) in [7, 11) is 0. The summed E-state index contributed by atoms with van der Waals surface area (Å²) in [6.07, 6.45) is -3.54. The molecule has 0 aromatic heterocycles. The Balaban J connectivity index is 1.59. The van der Waals surface area contributed by atoms with E-state index in [2.05, 4.69) is 5.32 Å². The third-order valence-electron chi connectivity index (χ3n) is 4.63. The number of likely N-dealkylation sites (tertiary alicyclic amines) is 1. The normalized spacial score (nSPS) is 15.4. The molecule has 0 radical (unpaired) electrons. The summed E-state index contributed by atoms with van der Waals surface area (Å²) < 4.78 is 38.5. The van der Waals surface area contributed by atoms with Crippen molar-refractivity contribution in [2.75, 3.05) is 18.4 Å². The smallest absolute Gasteiger partial charge is 0.339 e. The van der Waals surface area contributed by atoms with E-state index >= 15 is 0 Å². The van der Waals surface area contributed by atoms with Crippen molar-refractivity contribution in [1.82, 2.24) is 4.90 Å². The maximum absolute atomic E-state index is 12.8. The number of hydrogen-bond donors (Lipinski definition) is 1. The van der Waals surface area contributed by atoms with Gasteiger partial charge in [0.05, 0.1) is 5.56 Å². The maximum atomic E-state index is 12.8. The predicted octanol–water partition coefficient (Wildman–Crippen LogP) is 4.20. The predicted molar refractivity (Wildman–Crippen MR) is 95.1 cm³/mol. The Kier molecular flexibility index (Phi) is 5.48. The molecule has 27 heavy (non-hydrogen) atoms. The van der Waals surface area contributed by atoms with E-state index in [1.165, 1.54) is 17.0 Å². The van der Waals surface area contributed by atoms with Crippen LogP contribution in [0.15, 0.2) is 54.6 Å². The first-order valence-corrected chi connectivity index (χ1v) is 8.67. The van der Waals surface area contributed by atoms with Crippen molar-refractivity contribution in [3.63, 3.8) is 0 Å². The second-order valence-electron chi connectivity index (χ2n) is 6.50. The highest BCUT2D eigenvalue weighted by Crippen LogP contribution is 2.30. The molecule has 2 aromatic rings. The molecule has 7 heteroatoms. The fourth-order valence-corrected chi connectivity index (χ4v) is 3.12. The van der Waals surface area contributed by atoms with E-state index in [4.69, 9.17) is 0 Å². The lowest BCUT2D eigenvalue weighted by atomic mass is 9.95. The van der Waals surface area contributed by atoms with Crippen LogP contribution in [0.25, 0.3) is 0 Å². The van der Waals surface area contributed by atoms with Gasteiger partial charge in [0.1, 0.15) is 0 Å². The Labute approximate surface area is 155 Å². The SMILES string of the molecule is O=C(Nc1ccccc1)C1CCN(C(=O)c2cccc(C(F)(F)F)c2)CC1. The van der Waals surface area contributed by atoms with Gasteiger partial charge in [0, 0.05) is 30.3 Å². The molecule has 0 saturated carbocycles. The number of nitrogens with zero attached hydrogens (tertiary/aromatic N) is 1. The molecule has 0 unspecified atom stereocenters. The Hall–Kier alpha value is -2.83. The topological polar surface area (TPSA) is 49.4 Å². The second-order valence-corrected chi connectivity index (χ2v) is 6.50. The van der Waals surface area contributed by atoms with Crippen LogP contribution in [-0.4, -0.2) is 29.8 Å². The Bertz CT molecular complexity index is 813. The molecular formula is C20H19F3N2O2. The van der Waals surface area contributed by atoms with E-state index in [-0.39, 0.29) is 17.4 Å². The molecule has 1 aliphatic heterocycles. The van der Waals surface area contributed by atoms with Gasteiger partial charge in [-0.05, 0) is 43.2 Å². The average molecular weight is 376 g/mol. The zero-order chi connectivity index (χ0) is 19.4. The van der Waals surface area contributed by atoms with Gasteiger partial charge < -0.3 is 10.2 Å². The number of piperidine rings is 1.